The molecule has 0 heterocycles. The Hall–Kier alpha value is -2.23. The van der Waals surface area contributed by atoms with E-state index < -0.39 is 0 Å². The number of hydrogen-bond donors (Lipinski definition) is 1. The summed E-state index contributed by atoms with van der Waals surface area (Å²) in [6, 6.07) is 16.7. The first kappa shape index (κ1) is 23.1. The predicted molar refractivity (Wildman–Crippen MR) is 120 cm³/mol. The average molecular weight is 424 g/mol. The van der Waals surface area contributed by atoms with Crippen molar-refractivity contribution < 1.29 is 23.4 Å². The van der Waals surface area contributed by atoms with Gasteiger partial charge in [-0.05, 0) is 68.0 Å². The minimum Gasteiger partial charge on any atom is -0.687 e. The summed E-state index contributed by atoms with van der Waals surface area (Å²) in [6.45, 7) is 6.45. The molecule has 2 aromatic carbocycles. The van der Waals surface area contributed by atoms with E-state index in [0.29, 0.717) is 12.0 Å². The van der Waals surface area contributed by atoms with Crippen molar-refractivity contribution in [2.45, 2.75) is 39.7 Å². The summed E-state index contributed by atoms with van der Waals surface area (Å²) >= 11 is 0. The predicted octanol–water partition coefficient (Wildman–Crippen LogP) is 6.61. The second-order valence-electron chi connectivity index (χ2n) is 7.92. The summed E-state index contributed by atoms with van der Waals surface area (Å²) in [5, 5.41) is 7.56. The Morgan fingerprint density at radius 1 is 0.931 bits per heavy atom. The molecule has 1 saturated carbocycles. The molecule has 0 saturated heterocycles. The summed E-state index contributed by atoms with van der Waals surface area (Å²) in [7, 11) is 1.78. The zero-order chi connectivity index (χ0) is 20.1. The molecule has 0 spiro atoms. The Balaban J connectivity index is 0.00000300. The van der Waals surface area contributed by atoms with Crippen LogP contribution in [-0.4, -0.2) is 18.9 Å². The summed E-state index contributed by atoms with van der Waals surface area (Å²) in [4.78, 5) is 13.0. The van der Waals surface area contributed by atoms with Crippen LogP contribution in [0.1, 0.15) is 44.7 Å². The number of allylic oxidation sites excluding steroid dienone is 2. The van der Waals surface area contributed by atoms with Gasteiger partial charge in [0.25, 0.3) is 0 Å². The topological polar surface area (TPSA) is 43.2 Å². The van der Waals surface area contributed by atoms with Gasteiger partial charge in [-0.15, -0.1) is 12.7 Å². The van der Waals surface area contributed by atoms with Crippen molar-refractivity contribution in [3.05, 3.63) is 76.1 Å². The van der Waals surface area contributed by atoms with Gasteiger partial charge in [-0.1, -0.05) is 43.3 Å². The normalized spacial score (nSPS) is 19.3. The smallest absolute Gasteiger partial charge is 0.185 e. The van der Waals surface area contributed by atoms with Gasteiger partial charge in [0.2, 0.25) is 0 Å². The van der Waals surface area contributed by atoms with E-state index in [1.807, 2.05) is 36.4 Å². The second-order valence-corrected chi connectivity index (χ2v) is 7.92. The Labute approximate surface area is 186 Å². The minimum absolute atomic E-state index is 0. The number of anilines is 1. The van der Waals surface area contributed by atoms with Gasteiger partial charge < -0.3 is 10.6 Å². The number of Topliss-reactive ketones (excluding diaryl/α,β-unsaturated/α-hetero) is 1. The monoisotopic (exact) mass is 424 g/mol. The number of carbonyl (C=O) groups excluding carboxylic acids is 1. The molecule has 1 unspecified atom stereocenters. The summed E-state index contributed by atoms with van der Waals surface area (Å²) in [5.74, 6) is 0.633. The maximum absolute atomic E-state index is 13.0. The van der Waals surface area contributed by atoms with Crippen LogP contribution in [0.15, 0.2) is 59.7 Å². The van der Waals surface area contributed by atoms with Crippen molar-refractivity contribution in [2.24, 2.45) is 5.92 Å². The van der Waals surface area contributed by atoms with Gasteiger partial charge in [0.05, 0.1) is 0 Å². The molecule has 2 aromatic rings. The van der Waals surface area contributed by atoms with Crippen LogP contribution in [0.4, 0.5) is 11.4 Å². The molecule has 0 aliphatic heterocycles. The van der Waals surface area contributed by atoms with Crippen molar-refractivity contribution in [3.63, 3.8) is 0 Å². The first-order valence-electron chi connectivity index (χ1n) is 9.97. The van der Waals surface area contributed by atoms with Crippen LogP contribution in [0.2, 0.25) is 0 Å². The third-order valence-corrected chi connectivity index (χ3v) is 4.92. The minimum atomic E-state index is 0. The van der Waals surface area contributed by atoms with Gasteiger partial charge in [-0.3, -0.25) is 4.79 Å². The molecular formula is C25H29N2OV-. The van der Waals surface area contributed by atoms with E-state index in [-0.39, 0.29) is 24.3 Å². The third-order valence-electron chi connectivity index (χ3n) is 4.92. The number of rotatable bonds is 5. The van der Waals surface area contributed by atoms with E-state index in [1.54, 1.807) is 7.05 Å². The molecule has 1 radical (unpaired) electrons. The third kappa shape index (κ3) is 6.38. The number of benzene rings is 2. The van der Waals surface area contributed by atoms with Gasteiger partial charge in [0.1, 0.15) is 0 Å². The number of ketones is 1. The largest absolute Gasteiger partial charge is 0.687 e. The molecule has 0 aromatic heterocycles. The van der Waals surface area contributed by atoms with E-state index in [1.165, 1.54) is 0 Å². The Bertz CT molecular complexity index is 880. The van der Waals surface area contributed by atoms with E-state index >= 15 is 0 Å². The zero-order valence-electron chi connectivity index (χ0n) is 17.6. The molecule has 0 bridgehead atoms. The molecule has 3 nitrogen and oxygen atoms in total. The van der Waals surface area contributed by atoms with Crippen molar-refractivity contribution in [1.29, 1.82) is 0 Å². The molecule has 0 amide bonds. The first-order valence-corrected chi connectivity index (χ1v) is 9.97. The fourth-order valence-corrected chi connectivity index (χ4v) is 3.59. The number of hydrogen-bond acceptors (Lipinski definition) is 2. The number of nitrogens with one attached hydrogen (secondary N) is 1. The van der Waals surface area contributed by atoms with Crippen LogP contribution in [0, 0.1) is 5.92 Å². The maximum atomic E-state index is 13.0. The van der Waals surface area contributed by atoms with E-state index in [9.17, 15) is 4.79 Å². The molecule has 1 fully saturated rings. The molecule has 3 rings (SSSR count). The fourth-order valence-electron chi connectivity index (χ4n) is 3.59. The number of carbonyl (C=O) groups is 1. The van der Waals surface area contributed by atoms with Crippen LogP contribution in [0.25, 0.3) is 17.5 Å². The van der Waals surface area contributed by atoms with Crippen LogP contribution in [0.3, 0.4) is 0 Å². The van der Waals surface area contributed by atoms with Crippen molar-refractivity contribution in [3.8, 4) is 0 Å². The zero-order valence-corrected chi connectivity index (χ0v) is 19.0. The van der Waals surface area contributed by atoms with Gasteiger partial charge >= 0.3 is 0 Å². The molecule has 151 valence electrons. The average Bonchev–Trinajstić information content (AvgIpc) is 2.67. The van der Waals surface area contributed by atoms with E-state index in [2.05, 4.69) is 55.7 Å². The van der Waals surface area contributed by atoms with Crippen molar-refractivity contribution in [2.75, 3.05) is 12.4 Å². The standard InChI is InChI=1S/C25H30N2O.V/c1-17(2)27-24-11-7-20(8-12-24)16-22-14-18(3)13-21(25(22)28)15-19-5-9-23(26-4)10-6-19;/h5-12,15-18H,13-14H2,1-4H3,(H2,26,27,28);/p-1. The fraction of sp³-hybridized carbons (Fsp3) is 0.320. The Morgan fingerprint density at radius 3 is 1.86 bits per heavy atom. The molecule has 29 heavy (non-hydrogen) atoms. The van der Waals surface area contributed by atoms with E-state index in [0.717, 1.165) is 46.5 Å². The molecule has 1 aliphatic carbocycles. The molecule has 1 aliphatic rings. The summed E-state index contributed by atoms with van der Waals surface area (Å²) in [5.41, 5.74) is 5.96. The Kier molecular flexibility index (Phi) is 8.37. The maximum Gasteiger partial charge on any atom is 0.185 e. The second kappa shape index (κ2) is 10.5. The molecule has 1 N–H and O–H groups in total. The van der Waals surface area contributed by atoms with Gasteiger partial charge in [0.15, 0.2) is 5.78 Å². The van der Waals surface area contributed by atoms with Gasteiger partial charge in [0, 0.05) is 41.4 Å². The molecule has 1 atom stereocenters. The summed E-state index contributed by atoms with van der Waals surface area (Å²) in [6.07, 6.45) is 5.73. The summed E-state index contributed by atoms with van der Waals surface area (Å²) < 4.78 is 0. The van der Waals surface area contributed by atoms with Crippen LogP contribution < -0.4 is 5.32 Å². The Morgan fingerprint density at radius 2 is 1.41 bits per heavy atom. The van der Waals surface area contributed by atoms with E-state index in [4.69, 9.17) is 0 Å². The number of nitrogens with zero attached hydrogens (tertiary/aromatic N) is 1. The first-order chi connectivity index (χ1) is 13.4. The van der Waals surface area contributed by atoms with Gasteiger partial charge in [-0.25, -0.2) is 0 Å². The van der Waals surface area contributed by atoms with Crippen LogP contribution in [-0.2, 0) is 23.4 Å². The van der Waals surface area contributed by atoms with Gasteiger partial charge in [-0.2, -0.15) is 0 Å². The van der Waals surface area contributed by atoms with Crippen LogP contribution in [0.5, 0.6) is 0 Å². The molecule has 4 heteroatoms. The quantitative estimate of drug-likeness (QED) is 0.549. The van der Waals surface area contributed by atoms with Crippen LogP contribution >= 0.6 is 0 Å². The molecular weight excluding hydrogens is 395 g/mol. The van der Waals surface area contributed by atoms with Crippen molar-refractivity contribution in [1.82, 2.24) is 0 Å². The SMILES string of the molecule is C[N-]c1ccc(/C=C2\CC(C)C/C(=C\c3ccc(NC(C)C)cc3)C2=O)cc1.[V]. The van der Waals surface area contributed by atoms with Crippen molar-refractivity contribution >= 4 is 29.3 Å².